The van der Waals surface area contributed by atoms with Gasteiger partial charge in [0, 0.05) is 0 Å². The minimum atomic E-state index is 0.111. The molecule has 100 valence electrons. The van der Waals surface area contributed by atoms with Crippen LogP contribution >= 0.6 is 0 Å². The molecule has 19 heavy (non-hydrogen) atoms. The molecule has 2 aromatic rings. The second-order valence-electron chi connectivity index (χ2n) is 4.27. The normalized spacial score (nSPS) is 11.9. The molecule has 0 aromatic heterocycles. The standard InChI is InChI=1S/C15H18N2O2/c1-12(17-16)11-18-13-7-9-15(10-8-13)19-14-5-3-2-4-6-14/h2-10,12,17H,11,16H2,1H3. The summed E-state index contributed by atoms with van der Waals surface area (Å²) in [5.74, 6) is 7.69. The first-order chi connectivity index (χ1) is 9.28. The summed E-state index contributed by atoms with van der Waals surface area (Å²) in [5, 5.41) is 0. The van der Waals surface area contributed by atoms with Gasteiger partial charge in [0.05, 0.1) is 6.04 Å². The van der Waals surface area contributed by atoms with Crippen LogP contribution in [0, 0.1) is 0 Å². The third kappa shape index (κ3) is 4.28. The van der Waals surface area contributed by atoms with Crippen molar-refractivity contribution in [2.45, 2.75) is 13.0 Å². The molecule has 0 aliphatic rings. The van der Waals surface area contributed by atoms with E-state index in [1.807, 2.05) is 61.5 Å². The van der Waals surface area contributed by atoms with Crippen LogP contribution in [0.2, 0.25) is 0 Å². The Hall–Kier alpha value is -2.04. The summed E-state index contributed by atoms with van der Waals surface area (Å²) in [5.41, 5.74) is 2.63. The summed E-state index contributed by atoms with van der Waals surface area (Å²) in [6, 6.07) is 17.3. The quantitative estimate of drug-likeness (QED) is 0.618. The van der Waals surface area contributed by atoms with Gasteiger partial charge in [-0.05, 0) is 43.3 Å². The number of rotatable bonds is 6. The predicted molar refractivity (Wildman–Crippen MR) is 75.2 cm³/mol. The Balaban J connectivity index is 1.91. The van der Waals surface area contributed by atoms with Crippen LogP contribution < -0.4 is 20.7 Å². The fraction of sp³-hybridized carbons (Fsp3) is 0.200. The Kier molecular flexibility index (Phi) is 4.78. The summed E-state index contributed by atoms with van der Waals surface area (Å²) in [6.07, 6.45) is 0. The van der Waals surface area contributed by atoms with Gasteiger partial charge in [-0.1, -0.05) is 18.2 Å². The fourth-order valence-corrected chi connectivity index (χ4v) is 1.50. The molecule has 0 fully saturated rings. The van der Waals surface area contributed by atoms with Gasteiger partial charge < -0.3 is 9.47 Å². The first-order valence-electron chi connectivity index (χ1n) is 6.20. The first-order valence-corrected chi connectivity index (χ1v) is 6.20. The van der Waals surface area contributed by atoms with Gasteiger partial charge in [0.15, 0.2) is 0 Å². The maximum absolute atomic E-state index is 5.69. The Morgan fingerprint density at radius 1 is 0.947 bits per heavy atom. The molecular weight excluding hydrogens is 240 g/mol. The van der Waals surface area contributed by atoms with Crippen molar-refractivity contribution in [2.75, 3.05) is 6.61 Å². The molecule has 1 unspecified atom stereocenters. The molecule has 0 radical (unpaired) electrons. The molecule has 0 amide bonds. The van der Waals surface area contributed by atoms with Gasteiger partial charge in [-0.15, -0.1) is 0 Å². The zero-order valence-electron chi connectivity index (χ0n) is 10.9. The second-order valence-corrected chi connectivity index (χ2v) is 4.27. The number of ether oxygens (including phenoxy) is 2. The number of nitrogens with one attached hydrogen (secondary N) is 1. The van der Waals surface area contributed by atoms with Crippen molar-refractivity contribution in [1.29, 1.82) is 0 Å². The van der Waals surface area contributed by atoms with Crippen LogP contribution in [0.4, 0.5) is 0 Å². The van der Waals surface area contributed by atoms with Crippen LogP contribution in [0.3, 0.4) is 0 Å². The van der Waals surface area contributed by atoms with Crippen molar-refractivity contribution in [3.05, 3.63) is 54.6 Å². The van der Waals surface area contributed by atoms with Crippen LogP contribution in [-0.2, 0) is 0 Å². The Labute approximate surface area is 113 Å². The highest BCUT2D eigenvalue weighted by Crippen LogP contribution is 2.23. The Bertz CT molecular complexity index is 485. The summed E-state index contributed by atoms with van der Waals surface area (Å²) in [4.78, 5) is 0. The number of para-hydroxylation sites is 1. The van der Waals surface area contributed by atoms with E-state index in [0.29, 0.717) is 6.61 Å². The lowest BCUT2D eigenvalue weighted by molar-refractivity contribution is 0.274. The second kappa shape index (κ2) is 6.78. The molecule has 0 aliphatic carbocycles. The average Bonchev–Trinajstić information content (AvgIpc) is 2.47. The molecule has 0 aliphatic heterocycles. The fourth-order valence-electron chi connectivity index (χ4n) is 1.50. The summed E-state index contributed by atoms with van der Waals surface area (Å²) < 4.78 is 11.3. The van der Waals surface area contributed by atoms with Crippen molar-refractivity contribution < 1.29 is 9.47 Å². The third-order valence-corrected chi connectivity index (χ3v) is 2.59. The number of benzene rings is 2. The molecule has 2 aromatic carbocycles. The van der Waals surface area contributed by atoms with Gasteiger partial charge in [0.2, 0.25) is 0 Å². The lowest BCUT2D eigenvalue weighted by Gasteiger charge is -2.12. The third-order valence-electron chi connectivity index (χ3n) is 2.59. The molecule has 1 atom stereocenters. The SMILES string of the molecule is CC(COc1ccc(Oc2ccccc2)cc1)NN. The number of hydrazine groups is 1. The monoisotopic (exact) mass is 258 g/mol. The van der Waals surface area contributed by atoms with E-state index < -0.39 is 0 Å². The maximum Gasteiger partial charge on any atom is 0.127 e. The van der Waals surface area contributed by atoms with Crippen molar-refractivity contribution in [3.63, 3.8) is 0 Å². The van der Waals surface area contributed by atoms with Crippen molar-refractivity contribution >= 4 is 0 Å². The largest absolute Gasteiger partial charge is 0.492 e. The summed E-state index contributed by atoms with van der Waals surface area (Å²) in [7, 11) is 0. The first kappa shape index (κ1) is 13.4. The molecule has 0 spiro atoms. The molecule has 3 N–H and O–H groups in total. The zero-order valence-corrected chi connectivity index (χ0v) is 10.9. The van der Waals surface area contributed by atoms with Crippen molar-refractivity contribution in [1.82, 2.24) is 5.43 Å². The van der Waals surface area contributed by atoms with E-state index in [9.17, 15) is 0 Å². The molecule has 2 rings (SSSR count). The van der Waals surface area contributed by atoms with Gasteiger partial charge in [-0.3, -0.25) is 11.3 Å². The van der Waals surface area contributed by atoms with E-state index in [1.165, 1.54) is 0 Å². The van der Waals surface area contributed by atoms with E-state index in [1.54, 1.807) is 0 Å². The van der Waals surface area contributed by atoms with Crippen LogP contribution in [0.25, 0.3) is 0 Å². The lowest BCUT2D eigenvalue weighted by Crippen LogP contribution is -2.36. The molecular formula is C15H18N2O2. The van der Waals surface area contributed by atoms with E-state index in [0.717, 1.165) is 17.2 Å². The molecule has 4 nitrogen and oxygen atoms in total. The maximum atomic E-state index is 5.69. The predicted octanol–water partition coefficient (Wildman–Crippen LogP) is 2.71. The van der Waals surface area contributed by atoms with Crippen LogP contribution in [-0.4, -0.2) is 12.6 Å². The van der Waals surface area contributed by atoms with Gasteiger partial charge in [0.25, 0.3) is 0 Å². The van der Waals surface area contributed by atoms with E-state index in [2.05, 4.69) is 5.43 Å². The van der Waals surface area contributed by atoms with Crippen LogP contribution in [0.15, 0.2) is 54.6 Å². The average molecular weight is 258 g/mol. The lowest BCUT2D eigenvalue weighted by atomic mass is 10.3. The number of nitrogens with two attached hydrogens (primary N) is 1. The van der Waals surface area contributed by atoms with Crippen molar-refractivity contribution in [2.24, 2.45) is 5.84 Å². The van der Waals surface area contributed by atoms with E-state index in [-0.39, 0.29) is 6.04 Å². The number of hydrogen-bond acceptors (Lipinski definition) is 4. The molecule has 0 bridgehead atoms. The Morgan fingerprint density at radius 3 is 2.16 bits per heavy atom. The molecule has 0 saturated carbocycles. The Morgan fingerprint density at radius 2 is 1.53 bits per heavy atom. The minimum absolute atomic E-state index is 0.111. The molecule has 0 saturated heterocycles. The summed E-state index contributed by atoms with van der Waals surface area (Å²) in [6.45, 7) is 2.47. The highest BCUT2D eigenvalue weighted by atomic mass is 16.5. The highest BCUT2D eigenvalue weighted by molar-refractivity contribution is 5.35. The zero-order chi connectivity index (χ0) is 13.5. The number of hydrogen-bond donors (Lipinski definition) is 2. The van der Waals surface area contributed by atoms with Gasteiger partial charge in [-0.25, -0.2) is 0 Å². The molecule has 0 heterocycles. The summed E-state index contributed by atoms with van der Waals surface area (Å²) >= 11 is 0. The van der Waals surface area contributed by atoms with Gasteiger partial charge in [0.1, 0.15) is 23.9 Å². The van der Waals surface area contributed by atoms with Gasteiger partial charge >= 0.3 is 0 Å². The van der Waals surface area contributed by atoms with E-state index in [4.69, 9.17) is 15.3 Å². The minimum Gasteiger partial charge on any atom is -0.492 e. The van der Waals surface area contributed by atoms with Crippen molar-refractivity contribution in [3.8, 4) is 17.2 Å². The topological polar surface area (TPSA) is 56.5 Å². The van der Waals surface area contributed by atoms with Gasteiger partial charge in [-0.2, -0.15) is 0 Å². The van der Waals surface area contributed by atoms with E-state index >= 15 is 0 Å². The van der Waals surface area contributed by atoms with Crippen LogP contribution in [0.5, 0.6) is 17.2 Å². The highest BCUT2D eigenvalue weighted by Gasteiger charge is 2.01. The smallest absolute Gasteiger partial charge is 0.127 e. The van der Waals surface area contributed by atoms with Crippen LogP contribution in [0.1, 0.15) is 6.92 Å². The molecule has 4 heteroatoms.